The summed E-state index contributed by atoms with van der Waals surface area (Å²) in [5, 5.41) is 0. The summed E-state index contributed by atoms with van der Waals surface area (Å²) in [5.74, 6) is 1.32. The van der Waals surface area contributed by atoms with Gasteiger partial charge in [-0.1, -0.05) is 19.8 Å². The van der Waals surface area contributed by atoms with Gasteiger partial charge in [0.2, 0.25) is 0 Å². The van der Waals surface area contributed by atoms with Crippen LogP contribution in [0.4, 0.5) is 4.39 Å². The van der Waals surface area contributed by atoms with E-state index in [-0.39, 0.29) is 5.82 Å². The summed E-state index contributed by atoms with van der Waals surface area (Å²) < 4.78 is 16.5. The predicted molar refractivity (Wildman–Crippen MR) is 86.4 cm³/mol. The van der Waals surface area contributed by atoms with Crippen LogP contribution < -0.4 is 0 Å². The molecule has 0 fully saturated rings. The zero-order valence-electron chi connectivity index (χ0n) is 10.9. The molecule has 0 bridgehead atoms. The molecule has 5 heteroatoms. The monoisotopic (exact) mass is 394 g/mol. The number of halogens is 3. The van der Waals surface area contributed by atoms with Crippen LogP contribution in [-0.2, 0) is 13.0 Å². The molecule has 1 aromatic carbocycles. The second-order valence-corrected chi connectivity index (χ2v) is 6.12. The van der Waals surface area contributed by atoms with Crippen molar-refractivity contribution >= 4 is 45.2 Å². The van der Waals surface area contributed by atoms with E-state index in [2.05, 4.69) is 16.5 Å². The molecule has 1 heterocycles. The highest BCUT2D eigenvalue weighted by Gasteiger charge is 2.12. The van der Waals surface area contributed by atoms with Gasteiger partial charge < -0.3 is 4.57 Å². The first-order valence-electron chi connectivity index (χ1n) is 6.57. The first-order chi connectivity index (χ1) is 9.17. The van der Waals surface area contributed by atoms with Crippen LogP contribution in [0.5, 0.6) is 0 Å². The van der Waals surface area contributed by atoms with Gasteiger partial charge in [0.15, 0.2) is 0 Å². The zero-order chi connectivity index (χ0) is 13.8. The minimum absolute atomic E-state index is 0.179. The molecule has 0 saturated carbocycles. The normalized spacial score (nSPS) is 11.4. The third-order valence-corrected chi connectivity index (χ3v) is 4.19. The van der Waals surface area contributed by atoms with Crippen LogP contribution in [-0.4, -0.2) is 15.4 Å². The highest BCUT2D eigenvalue weighted by Crippen LogP contribution is 2.23. The molecule has 0 radical (unpaired) electrons. The Hall–Kier alpha value is -0.360. The van der Waals surface area contributed by atoms with E-state index in [1.165, 1.54) is 12.8 Å². The van der Waals surface area contributed by atoms with Crippen LogP contribution >= 0.6 is 34.2 Å². The Bertz CT molecular complexity index is 568. The molecule has 0 aliphatic carbocycles. The van der Waals surface area contributed by atoms with E-state index < -0.39 is 0 Å². The Kier molecular flexibility index (Phi) is 5.45. The summed E-state index contributed by atoms with van der Waals surface area (Å²) in [6.45, 7) is 3.06. The number of aryl methyl sites for hydroxylation is 2. The van der Waals surface area contributed by atoms with Crippen molar-refractivity contribution in [1.82, 2.24) is 9.55 Å². The van der Waals surface area contributed by atoms with E-state index in [1.54, 1.807) is 12.1 Å². The molecule has 104 valence electrons. The van der Waals surface area contributed by atoms with Crippen LogP contribution in [0.2, 0.25) is 0 Å². The van der Waals surface area contributed by atoms with Crippen LogP contribution in [0.25, 0.3) is 11.0 Å². The number of unbranched alkanes of at least 4 members (excludes halogenated alkanes) is 2. The number of imidazole rings is 1. The lowest BCUT2D eigenvalue weighted by Crippen LogP contribution is -2.05. The van der Waals surface area contributed by atoms with E-state index in [0.29, 0.717) is 9.45 Å². The van der Waals surface area contributed by atoms with Crippen LogP contribution in [0.1, 0.15) is 32.0 Å². The Balaban J connectivity index is 2.43. The van der Waals surface area contributed by atoms with E-state index in [1.807, 2.05) is 22.6 Å². The van der Waals surface area contributed by atoms with E-state index in [0.717, 1.165) is 36.2 Å². The molecule has 0 unspecified atom stereocenters. The molecule has 0 aliphatic rings. The third-order valence-electron chi connectivity index (χ3n) is 3.17. The van der Waals surface area contributed by atoms with Gasteiger partial charge in [0.1, 0.15) is 11.6 Å². The van der Waals surface area contributed by atoms with Crippen molar-refractivity contribution in [3.63, 3.8) is 0 Å². The maximum atomic E-state index is 13.7. The molecule has 0 atom stereocenters. The number of benzene rings is 1. The van der Waals surface area contributed by atoms with E-state index in [9.17, 15) is 4.39 Å². The van der Waals surface area contributed by atoms with Crippen LogP contribution in [0.15, 0.2) is 12.1 Å². The number of aromatic nitrogens is 2. The van der Waals surface area contributed by atoms with Gasteiger partial charge in [-0.05, 0) is 35.1 Å². The lowest BCUT2D eigenvalue weighted by Gasteiger charge is -2.08. The van der Waals surface area contributed by atoms with Gasteiger partial charge in [0, 0.05) is 24.9 Å². The first-order valence-corrected chi connectivity index (χ1v) is 8.18. The van der Waals surface area contributed by atoms with Gasteiger partial charge in [0.25, 0.3) is 0 Å². The van der Waals surface area contributed by atoms with Crippen molar-refractivity contribution in [3.8, 4) is 0 Å². The number of hydrogen-bond donors (Lipinski definition) is 0. The van der Waals surface area contributed by atoms with Gasteiger partial charge >= 0.3 is 0 Å². The number of rotatable bonds is 6. The fourth-order valence-corrected chi connectivity index (χ4v) is 2.83. The molecule has 2 nitrogen and oxygen atoms in total. The molecule has 0 amide bonds. The SMILES string of the molecule is CCCCCn1c(CCCl)nc2cc(I)c(F)cc21. The van der Waals surface area contributed by atoms with Crippen LogP contribution in [0, 0.1) is 9.39 Å². The lowest BCUT2D eigenvalue weighted by atomic mass is 10.2. The van der Waals surface area contributed by atoms with Crippen molar-refractivity contribution in [3.05, 3.63) is 27.3 Å². The minimum atomic E-state index is -0.179. The highest BCUT2D eigenvalue weighted by atomic mass is 127. The summed E-state index contributed by atoms with van der Waals surface area (Å²) >= 11 is 7.83. The first kappa shape index (κ1) is 15.0. The predicted octanol–water partition coefficient (Wildman–Crippen LogP) is 4.75. The van der Waals surface area contributed by atoms with Gasteiger partial charge in [0.05, 0.1) is 14.6 Å². The molecule has 2 rings (SSSR count). The Labute approximate surface area is 131 Å². The molecular formula is C14H17ClFIN2. The number of alkyl halides is 1. The van der Waals surface area contributed by atoms with E-state index >= 15 is 0 Å². The van der Waals surface area contributed by atoms with Crippen molar-refractivity contribution in [1.29, 1.82) is 0 Å². The summed E-state index contributed by atoms with van der Waals surface area (Å²) in [5.41, 5.74) is 1.75. The topological polar surface area (TPSA) is 17.8 Å². The Morgan fingerprint density at radius 3 is 2.84 bits per heavy atom. The van der Waals surface area contributed by atoms with Crippen molar-refractivity contribution in [2.45, 2.75) is 39.2 Å². The van der Waals surface area contributed by atoms with E-state index in [4.69, 9.17) is 11.6 Å². The fraction of sp³-hybridized carbons (Fsp3) is 0.500. The number of nitrogens with zero attached hydrogens (tertiary/aromatic N) is 2. The molecule has 0 saturated heterocycles. The standard InChI is InChI=1S/C14H17ClFIN2/c1-2-3-4-7-19-13-8-10(16)11(17)9-12(13)18-14(19)5-6-15/h8-9H,2-7H2,1H3. The van der Waals surface area contributed by atoms with Gasteiger partial charge in [-0.15, -0.1) is 11.6 Å². The van der Waals surface area contributed by atoms with Crippen molar-refractivity contribution in [2.75, 3.05) is 5.88 Å². The van der Waals surface area contributed by atoms with Crippen molar-refractivity contribution in [2.24, 2.45) is 0 Å². The summed E-state index contributed by atoms with van der Waals surface area (Å²) in [6, 6.07) is 3.40. The average Bonchev–Trinajstić information content (AvgIpc) is 2.69. The van der Waals surface area contributed by atoms with Crippen LogP contribution in [0.3, 0.4) is 0 Å². The Morgan fingerprint density at radius 2 is 2.16 bits per heavy atom. The maximum Gasteiger partial charge on any atom is 0.138 e. The molecule has 19 heavy (non-hydrogen) atoms. The molecule has 1 aromatic heterocycles. The largest absolute Gasteiger partial charge is 0.328 e. The molecule has 0 aliphatic heterocycles. The zero-order valence-corrected chi connectivity index (χ0v) is 13.8. The Morgan fingerprint density at radius 1 is 1.37 bits per heavy atom. The fourth-order valence-electron chi connectivity index (χ4n) is 2.21. The second kappa shape index (κ2) is 6.88. The number of fused-ring (bicyclic) bond motifs is 1. The highest BCUT2D eigenvalue weighted by molar-refractivity contribution is 14.1. The van der Waals surface area contributed by atoms with Crippen molar-refractivity contribution < 1.29 is 4.39 Å². The quantitative estimate of drug-likeness (QED) is 0.393. The maximum absolute atomic E-state index is 13.7. The second-order valence-electron chi connectivity index (χ2n) is 4.58. The van der Waals surface area contributed by atoms with Gasteiger partial charge in [-0.25, -0.2) is 9.37 Å². The van der Waals surface area contributed by atoms with Gasteiger partial charge in [-0.2, -0.15) is 0 Å². The molecular weight excluding hydrogens is 378 g/mol. The smallest absolute Gasteiger partial charge is 0.138 e. The summed E-state index contributed by atoms with van der Waals surface area (Å²) in [4.78, 5) is 4.59. The molecule has 2 aromatic rings. The molecule has 0 N–H and O–H groups in total. The minimum Gasteiger partial charge on any atom is -0.328 e. The summed E-state index contributed by atoms with van der Waals surface area (Å²) in [6.07, 6.45) is 4.15. The molecule has 0 spiro atoms. The average molecular weight is 395 g/mol. The summed E-state index contributed by atoms with van der Waals surface area (Å²) in [7, 11) is 0. The van der Waals surface area contributed by atoms with Gasteiger partial charge in [-0.3, -0.25) is 0 Å². The lowest BCUT2D eigenvalue weighted by molar-refractivity contribution is 0.590. The number of hydrogen-bond acceptors (Lipinski definition) is 1. The third kappa shape index (κ3) is 3.40.